The highest BCUT2D eigenvalue weighted by atomic mass is 16.5. The van der Waals surface area contributed by atoms with Crippen molar-refractivity contribution in [1.82, 2.24) is 0 Å². The number of nitrogens with one attached hydrogen (secondary N) is 1. The SMILES string of the molecule is COc1ccc(C(C)CNc2ccc(OC)c(CO)c2)cc1. The highest BCUT2D eigenvalue weighted by Gasteiger charge is 2.07. The van der Waals surface area contributed by atoms with E-state index in [-0.39, 0.29) is 6.61 Å². The van der Waals surface area contributed by atoms with Crippen LogP contribution in [0.25, 0.3) is 0 Å². The molecule has 2 rings (SSSR count). The molecule has 0 aliphatic heterocycles. The van der Waals surface area contributed by atoms with Crippen LogP contribution in [-0.2, 0) is 6.61 Å². The Morgan fingerprint density at radius 2 is 1.77 bits per heavy atom. The summed E-state index contributed by atoms with van der Waals surface area (Å²) in [7, 11) is 3.27. The van der Waals surface area contributed by atoms with Crippen LogP contribution in [-0.4, -0.2) is 25.9 Å². The van der Waals surface area contributed by atoms with E-state index in [1.54, 1.807) is 14.2 Å². The number of ether oxygens (including phenoxy) is 2. The summed E-state index contributed by atoms with van der Waals surface area (Å²) in [5, 5.41) is 12.8. The monoisotopic (exact) mass is 301 g/mol. The number of methoxy groups -OCH3 is 2. The van der Waals surface area contributed by atoms with Gasteiger partial charge in [0.1, 0.15) is 11.5 Å². The molecule has 1 atom stereocenters. The van der Waals surface area contributed by atoms with E-state index in [1.165, 1.54) is 5.56 Å². The summed E-state index contributed by atoms with van der Waals surface area (Å²) >= 11 is 0. The minimum Gasteiger partial charge on any atom is -0.497 e. The summed E-state index contributed by atoms with van der Waals surface area (Å²) in [6.07, 6.45) is 0. The van der Waals surface area contributed by atoms with Gasteiger partial charge in [-0.2, -0.15) is 0 Å². The Morgan fingerprint density at radius 3 is 2.36 bits per heavy atom. The molecule has 0 amide bonds. The molecule has 0 bridgehead atoms. The van der Waals surface area contributed by atoms with Crippen molar-refractivity contribution in [2.24, 2.45) is 0 Å². The first kappa shape index (κ1) is 16.2. The Kier molecular flexibility index (Phi) is 5.67. The second kappa shape index (κ2) is 7.71. The highest BCUT2D eigenvalue weighted by molar-refractivity contribution is 5.51. The lowest BCUT2D eigenvalue weighted by Crippen LogP contribution is -2.10. The van der Waals surface area contributed by atoms with Crippen LogP contribution in [0.15, 0.2) is 42.5 Å². The Bertz CT molecular complexity index is 596. The molecule has 2 aromatic rings. The lowest BCUT2D eigenvalue weighted by atomic mass is 10.0. The molecule has 0 fully saturated rings. The van der Waals surface area contributed by atoms with Gasteiger partial charge >= 0.3 is 0 Å². The Labute approximate surface area is 131 Å². The summed E-state index contributed by atoms with van der Waals surface area (Å²) < 4.78 is 10.4. The summed E-state index contributed by atoms with van der Waals surface area (Å²) in [6, 6.07) is 13.9. The van der Waals surface area contributed by atoms with Crippen LogP contribution in [0.1, 0.15) is 24.0 Å². The zero-order valence-corrected chi connectivity index (χ0v) is 13.3. The fourth-order valence-electron chi connectivity index (χ4n) is 2.33. The van der Waals surface area contributed by atoms with Gasteiger partial charge in [0.25, 0.3) is 0 Å². The number of hydrogen-bond donors (Lipinski definition) is 2. The van der Waals surface area contributed by atoms with E-state index in [4.69, 9.17) is 9.47 Å². The number of anilines is 1. The van der Waals surface area contributed by atoms with Gasteiger partial charge in [-0.05, 0) is 41.8 Å². The topological polar surface area (TPSA) is 50.7 Å². The molecule has 1 unspecified atom stereocenters. The molecular formula is C18H23NO3. The third-order valence-corrected chi connectivity index (χ3v) is 3.75. The second-order valence-electron chi connectivity index (χ2n) is 5.24. The van der Waals surface area contributed by atoms with Crippen LogP contribution < -0.4 is 14.8 Å². The van der Waals surface area contributed by atoms with Crippen molar-refractivity contribution in [3.63, 3.8) is 0 Å². The van der Waals surface area contributed by atoms with E-state index in [0.29, 0.717) is 11.7 Å². The van der Waals surface area contributed by atoms with Gasteiger partial charge in [-0.3, -0.25) is 0 Å². The number of rotatable bonds is 7. The van der Waals surface area contributed by atoms with Crippen molar-refractivity contribution in [2.45, 2.75) is 19.4 Å². The molecule has 4 heteroatoms. The molecule has 22 heavy (non-hydrogen) atoms. The first-order chi connectivity index (χ1) is 10.7. The molecule has 0 saturated carbocycles. The van der Waals surface area contributed by atoms with Crippen molar-refractivity contribution in [3.8, 4) is 11.5 Å². The first-order valence-electron chi connectivity index (χ1n) is 7.33. The molecular weight excluding hydrogens is 278 g/mol. The van der Waals surface area contributed by atoms with Gasteiger partial charge in [-0.25, -0.2) is 0 Å². The number of aliphatic hydroxyl groups excluding tert-OH is 1. The van der Waals surface area contributed by atoms with Gasteiger partial charge in [-0.1, -0.05) is 19.1 Å². The quantitative estimate of drug-likeness (QED) is 0.823. The zero-order chi connectivity index (χ0) is 15.9. The summed E-state index contributed by atoms with van der Waals surface area (Å²) in [4.78, 5) is 0. The minimum atomic E-state index is -0.0350. The maximum absolute atomic E-state index is 9.36. The molecule has 0 aromatic heterocycles. The fraction of sp³-hybridized carbons (Fsp3) is 0.333. The Balaban J connectivity index is 1.99. The van der Waals surface area contributed by atoms with E-state index in [0.717, 1.165) is 23.5 Å². The average Bonchev–Trinajstić information content (AvgIpc) is 2.59. The lowest BCUT2D eigenvalue weighted by Gasteiger charge is -2.16. The predicted molar refractivity (Wildman–Crippen MR) is 88.8 cm³/mol. The Morgan fingerprint density at radius 1 is 1.05 bits per heavy atom. The first-order valence-corrected chi connectivity index (χ1v) is 7.33. The average molecular weight is 301 g/mol. The largest absolute Gasteiger partial charge is 0.497 e. The van der Waals surface area contributed by atoms with Crippen molar-refractivity contribution in [3.05, 3.63) is 53.6 Å². The Hall–Kier alpha value is -2.20. The van der Waals surface area contributed by atoms with Crippen LogP contribution in [0.4, 0.5) is 5.69 Å². The van der Waals surface area contributed by atoms with Crippen molar-refractivity contribution >= 4 is 5.69 Å². The lowest BCUT2D eigenvalue weighted by molar-refractivity contribution is 0.274. The summed E-state index contributed by atoms with van der Waals surface area (Å²) in [5.41, 5.74) is 3.01. The molecule has 0 heterocycles. The number of benzene rings is 2. The van der Waals surface area contributed by atoms with Crippen molar-refractivity contribution in [2.75, 3.05) is 26.1 Å². The molecule has 0 spiro atoms. The van der Waals surface area contributed by atoms with Crippen molar-refractivity contribution in [1.29, 1.82) is 0 Å². The van der Waals surface area contributed by atoms with E-state index in [2.05, 4.69) is 24.4 Å². The molecule has 118 valence electrons. The second-order valence-corrected chi connectivity index (χ2v) is 5.24. The standard InChI is InChI=1S/C18H23NO3/c1-13(14-4-7-17(21-2)8-5-14)11-19-16-6-9-18(22-3)15(10-16)12-20/h4-10,13,19-20H,11-12H2,1-3H3. The van der Waals surface area contributed by atoms with E-state index in [1.807, 2.05) is 30.3 Å². The van der Waals surface area contributed by atoms with Crippen LogP contribution in [0.2, 0.25) is 0 Å². The summed E-state index contributed by atoms with van der Waals surface area (Å²) in [6.45, 7) is 2.95. The molecule has 4 nitrogen and oxygen atoms in total. The third-order valence-electron chi connectivity index (χ3n) is 3.75. The molecule has 0 radical (unpaired) electrons. The molecule has 0 aliphatic carbocycles. The van der Waals surface area contributed by atoms with Crippen LogP contribution in [0.5, 0.6) is 11.5 Å². The fourth-order valence-corrected chi connectivity index (χ4v) is 2.33. The number of aliphatic hydroxyl groups is 1. The number of hydrogen-bond acceptors (Lipinski definition) is 4. The van der Waals surface area contributed by atoms with Gasteiger partial charge in [0.05, 0.1) is 20.8 Å². The predicted octanol–water partition coefficient (Wildman–Crippen LogP) is 3.41. The maximum Gasteiger partial charge on any atom is 0.124 e. The van der Waals surface area contributed by atoms with Crippen LogP contribution in [0, 0.1) is 0 Å². The van der Waals surface area contributed by atoms with Gasteiger partial charge in [0.2, 0.25) is 0 Å². The highest BCUT2D eigenvalue weighted by Crippen LogP contribution is 2.24. The van der Waals surface area contributed by atoms with Crippen molar-refractivity contribution < 1.29 is 14.6 Å². The molecule has 2 N–H and O–H groups in total. The maximum atomic E-state index is 9.36. The van der Waals surface area contributed by atoms with Gasteiger partial charge < -0.3 is 19.9 Å². The molecule has 0 aliphatic rings. The normalized spacial score (nSPS) is 11.8. The third kappa shape index (κ3) is 3.92. The molecule has 0 saturated heterocycles. The summed E-state index contributed by atoms with van der Waals surface area (Å²) in [5.74, 6) is 1.94. The minimum absolute atomic E-state index is 0.0350. The van der Waals surface area contributed by atoms with E-state index < -0.39 is 0 Å². The van der Waals surface area contributed by atoms with Gasteiger partial charge in [-0.15, -0.1) is 0 Å². The van der Waals surface area contributed by atoms with Gasteiger partial charge in [0.15, 0.2) is 0 Å². The van der Waals surface area contributed by atoms with E-state index in [9.17, 15) is 5.11 Å². The van der Waals surface area contributed by atoms with Gasteiger partial charge in [0, 0.05) is 17.8 Å². The smallest absolute Gasteiger partial charge is 0.124 e. The van der Waals surface area contributed by atoms with Crippen LogP contribution >= 0.6 is 0 Å². The molecule has 2 aromatic carbocycles. The van der Waals surface area contributed by atoms with Crippen LogP contribution in [0.3, 0.4) is 0 Å². The van der Waals surface area contributed by atoms with E-state index >= 15 is 0 Å². The zero-order valence-electron chi connectivity index (χ0n) is 13.3.